The van der Waals surface area contributed by atoms with Gasteiger partial charge in [0.1, 0.15) is 11.5 Å². The topological polar surface area (TPSA) is 38.8 Å². The second kappa shape index (κ2) is 8.75. The van der Waals surface area contributed by atoms with Gasteiger partial charge in [0, 0.05) is 13.0 Å². The molecule has 26 heavy (non-hydrogen) atoms. The molecular weight excluding hydrogens is 326 g/mol. The molecule has 4 nitrogen and oxygen atoms in total. The maximum Gasteiger partial charge on any atom is 0.223 e. The van der Waals surface area contributed by atoms with E-state index in [-0.39, 0.29) is 11.9 Å². The highest BCUT2D eigenvalue weighted by Gasteiger charge is 2.29. The van der Waals surface area contributed by atoms with Crippen molar-refractivity contribution in [3.8, 4) is 11.5 Å². The molecular formula is C22H27NO3. The van der Waals surface area contributed by atoms with Crippen LogP contribution in [0.1, 0.15) is 43.4 Å². The number of aryl methyl sites for hydroxylation is 1. The molecule has 1 fully saturated rings. The molecule has 1 unspecified atom stereocenters. The fourth-order valence-corrected chi connectivity index (χ4v) is 3.63. The van der Waals surface area contributed by atoms with Crippen LogP contribution >= 0.6 is 0 Å². The van der Waals surface area contributed by atoms with Gasteiger partial charge in [-0.05, 0) is 55.5 Å². The number of methoxy groups -OCH3 is 1. The van der Waals surface area contributed by atoms with Crippen molar-refractivity contribution in [1.82, 2.24) is 4.90 Å². The molecule has 0 aromatic heterocycles. The molecule has 0 spiro atoms. The van der Waals surface area contributed by atoms with Crippen molar-refractivity contribution in [3.05, 3.63) is 59.7 Å². The highest BCUT2D eigenvalue weighted by Crippen LogP contribution is 2.33. The van der Waals surface area contributed by atoms with Crippen LogP contribution in [0.3, 0.4) is 0 Å². The molecule has 2 aromatic rings. The maximum absolute atomic E-state index is 12.9. The quantitative estimate of drug-likeness (QED) is 0.741. The van der Waals surface area contributed by atoms with Gasteiger partial charge in [-0.2, -0.15) is 0 Å². The molecule has 0 saturated carbocycles. The zero-order valence-electron chi connectivity index (χ0n) is 15.6. The van der Waals surface area contributed by atoms with Crippen LogP contribution in [0.25, 0.3) is 0 Å². The molecule has 1 aliphatic rings. The summed E-state index contributed by atoms with van der Waals surface area (Å²) in [5, 5.41) is 0. The highest BCUT2D eigenvalue weighted by atomic mass is 16.5. The summed E-state index contributed by atoms with van der Waals surface area (Å²) in [5.41, 5.74) is 2.29. The minimum Gasteiger partial charge on any atom is -0.497 e. The van der Waals surface area contributed by atoms with Crippen LogP contribution in [0.2, 0.25) is 0 Å². The number of hydrogen-bond acceptors (Lipinski definition) is 3. The predicted octanol–water partition coefficient (Wildman–Crippen LogP) is 4.39. The van der Waals surface area contributed by atoms with E-state index in [1.165, 1.54) is 5.56 Å². The Morgan fingerprint density at radius 1 is 1.15 bits per heavy atom. The summed E-state index contributed by atoms with van der Waals surface area (Å²) < 4.78 is 10.9. The molecule has 1 amide bonds. The second-order valence-electron chi connectivity index (χ2n) is 6.56. The van der Waals surface area contributed by atoms with Crippen LogP contribution in [0.15, 0.2) is 48.5 Å². The third-order valence-corrected chi connectivity index (χ3v) is 4.95. The zero-order valence-corrected chi connectivity index (χ0v) is 15.6. The molecule has 0 bridgehead atoms. The van der Waals surface area contributed by atoms with Gasteiger partial charge in [-0.25, -0.2) is 0 Å². The Hall–Kier alpha value is -2.49. The molecule has 1 aliphatic heterocycles. The molecule has 4 heteroatoms. The predicted molar refractivity (Wildman–Crippen MR) is 103 cm³/mol. The van der Waals surface area contributed by atoms with Gasteiger partial charge in [0.2, 0.25) is 5.91 Å². The number of amides is 1. The first-order chi connectivity index (χ1) is 12.7. The SMILES string of the molecule is CCOc1ccccc1CCC(=O)N1CCCC1c1ccc(OC)cc1. The summed E-state index contributed by atoms with van der Waals surface area (Å²) >= 11 is 0. The summed E-state index contributed by atoms with van der Waals surface area (Å²) in [6.07, 6.45) is 3.29. The number of ether oxygens (including phenoxy) is 2. The fraction of sp³-hybridized carbons (Fsp3) is 0.409. The third-order valence-electron chi connectivity index (χ3n) is 4.95. The van der Waals surface area contributed by atoms with Crippen molar-refractivity contribution in [2.24, 2.45) is 0 Å². The number of carbonyl (C=O) groups is 1. The first kappa shape index (κ1) is 18.3. The van der Waals surface area contributed by atoms with Crippen molar-refractivity contribution in [2.75, 3.05) is 20.3 Å². The first-order valence-electron chi connectivity index (χ1n) is 9.37. The summed E-state index contributed by atoms with van der Waals surface area (Å²) in [6.45, 7) is 3.45. The molecule has 0 radical (unpaired) electrons. The van der Waals surface area contributed by atoms with E-state index in [0.717, 1.165) is 36.4 Å². The average Bonchev–Trinajstić information content (AvgIpc) is 3.17. The van der Waals surface area contributed by atoms with E-state index in [0.29, 0.717) is 19.4 Å². The van der Waals surface area contributed by atoms with Crippen LogP contribution < -0.4 is 9.47 Å². The normalized spacial score (nSPS) is 16.5. The van der Waals surface area contributed by atoms with Gasteiger partial charge in [0.15, 0.2) is 0 Å². The lowest BCUT2D eigenvalue weighted by Gasteiger charge is -2.25. The van der Waals surface area contributed by atoms with Crippen molar-refractivity contribution in [2.45, 2.75) is 38.6 Å². The largest absolute Gasteiger partial charge is 0.497 e. The first-order valence-corrected chi connectivity index (χ1v) is 9.37. The number of carbonyl (C=O) groups excluding carboxylic acids is 1. The minimum atomic E-state index is 0.176. The van der Waals surface area contributed by atoms with Gasteiger partial charge >= 0.3 is 0 Å². The standard InChI is InChI=1S/C22H27NO3/c1-3-26-21-9-5-4-7-18(21)12-15-22(24)23-16-6-8-20(23)17-10-13-19(25-2)14-11-17/h4-5,7,9-11,13-14,20H,3,6,8,12,15-16H2,1-2H3. The van der Waals surface area contributed by atoms with Crippen molar-refractivity contribution in [1.29, 1.82) is 0 Å². The van der Waals surface area contributed by atoms with Gasteiger partial charge < -0.3 is 14.4 Å². The van der Waals surface area contributed by atoms with Crippen molar-refractivity contribution in [3.63, 3.8) is 0 Å². The number of hydrogen-bond donors (Lipinski definition) is 0. The van der Waals surface area contributed by atoms with Crippen LogP contribution in [-0.2, 0) is 11.2 Å². The second-order valence-corrected chi connectivity index (χ2v) is 6.56. The Morgan fingerprint density at radius 2 is 1.92 bits per heavy atom. The minimum absolute atomic E-state index is 0.176. The van der Waals surface area contributed by atoms with Gasteiger partial charge in [-0.1, -0.05) is 30.3 Å². The lowest BCUT2D eigenvalue weighted by molar-refractivity contribution is -0.132. The molecule has 0 N–H and O–H groups in total. The maximum atomic E-state index is 12.9. The number of para-hydroxylation sites is 1. The summed E-state index contributed by atoms with van der Waals surface area (Å²) in [5.74, 6) is 1.95. The van der Waals surface area contributed by atoms with Gasteiger partial charge in [-0.15, -0.1) is 0 Å². The summed E-state index contributed by atoms with van der Waals surface area (Å²) in [4.78, 5) is 14.9. The Balaban J connectivity index is 1.65. The molecule has 2 aromatic carbocycles. The van der Waals surface area contributed by atoms with E-state index in [4.69, 9.17) is 9.47 Å². The summed E-state index contributed by atoms with van der Waals surface area (Å²) in [7, 11) is 1.67. The van der Waals surface area contributed by atoms with E-state index < -0.39 is 0 Å². The van der Waals surface area contributed by atoms with Gasteiger partial charge in [-0.3, -0.25) is 4.79 Å². The number of rotatable bonds is 7. The number of nitrogens with zero attached hydrogens (tertiary/aromatic N) is 1. The molecule has 138 valence electrons. The van der Waals surface area contributed by atoms with E-state index in [1.54, 1.807) is 7.11 Å². The van der Waals surface area contributed by atoms with Crippen LogP contribution in [0.4, 0.5) is 0 Å². The smallest absolute Gasteiger partial charge is 0.223 e. The highest BCUT2D eigenvalue weighted by molar-refractivity contribution is 5.77. The van der Waals surface area contributed by atoms with E-state index >= 15 is 0 Å². The molecule has 0 aliphatic carbocycles. The average molecular weight is 353 g/mol. The molecule has 1 saturated heterocycles. The van der Waals surface area contributed by atoms with Crippen LogP contribution in [-0.4, -0.2) is 31.1 Å². The number of benzene rings is 2. The monoisotopic (exact) mass is 353 g/mol. The molecule has 1 atom stereocenters. The van der Waals surface area contributed by atoms with Crippen LogP contribution in [0, 0.1) is 0 Å². The third kappa shape index (κ3) is 4.18. The van der Waals surface area contributed by atoms with Gasteiger partial charge in [0.05, 0.1) is 19.8 Å². The Labute approximate surface area is 155 Å². The number of likely N-dealkylation sites (tertiary alicyclic amines) is 1. The van der Waals surface area contributed by atoms with Crippen LogP contribution in [0.5, 0.6) is 11.5 Å². The zero-order chi connectivity index (χ0) is 18.4. The lowest BCUT2D eigenvalue weighted by Crippen LogP contribution is -2.30. The van der Waals surface area contributed by atoms with E-state index in [1.807, 2.05) is 48.2 Å². The summed E-state index contributed by atoms with van der Waals surface area (Å²) in [6, 6.07) is 16.2. The molecule has 3 rings (SSSR count). The van der Waals surface area contributed by atoms with E-state index in [2.05, 4.69) is 12.1 Å². The van der Waals surface area contributed by atoms with Gasteiger partial charge in [0.25, 0.3) is 0 Å². The fourth-order valence-electron chi connectivity index (χ4n) is 3.63. The Kier molecular flexibility index (Phi) is 6.16. The molecule has 1 heterocycles. The van der Waals surface area contributed by atoms with E-state index in [9.17, 15) is 4.79 Å². The Morgan fingerprint density at radius 3 is 2.65 bits per heavy atom. The van der Waals surface area contributed by atoms with Crippen molar-refractivity contribution < 1.29 is 14.3 Å². The lowest BCUT2D eigenvalue weighted by atomic mass is 10.0. The van der Waals surface area contributed by atoms with Crippen molar-refractivity contribution >= 4 is 5.91 Å². The Bertz CT molecular complexity index is 726.